The van der Waals surface area contributed by atoms with E-state index in [4.69, 9.17) is 9.57 Å². The molecule has 0 saturated carbocycles. The maximum Gasteiger partial charge on any atom is 0.333 e. The third-order valence-electron chi connectivity index (χ3n) is 4.50. The highest BCUT2D eigenvalue weighted by Gasteiger charge is 2.50. The number of ether oxygens (including phenoxy) is 1. The number of carbonyl (C=O) groups excluding carboxylic acids is 1. The lowest BCUT2D eigenvalue weighted by Crippen LogP contribution is -2.64. The van der Waals surface area contributed by atoms with Gasteiger partial charge in [-0.1, -0.05) is 20.4 Å². The van der Waals surface area contributed by atoms with Crippen LogP contribution in [0.2, 0.25) is 0 Å². The Morgan fingerprint density at radius 2 is 1.80 bits per heavy atom. The van der Waals surface area contributed by atoms with E-state index in [-0.39, 0.29) is 23.2 Å². The van der Waals surface area contributed by atoms with Crippen LogP contribution in [0.25, 0.3) is 0 Å². The van der Waals surface area contributed by atoms with Gasteiger partial charge in [-0.2, -0.15) is 10.3 Å². The second-order valence-electron chi connectivity index (χ2n) is 9.17. The van der Waals surface area contributed by atoms with Crippen LogP contribution in [0.5, 0.6) is 0 Å². The Morgan fingerprint density at radius 3 is 2.16 bits per heavy atom. The van der Waals surface area contributed by atoms with E-state index in [0.717, 1.165) is 0 Å². The summed E-state index contributed by atoms with van der Waals surface area (Å²) in [7, 11) is 0. The molecule has 1 heterocycles. The first-order valence-electron chi connectivity index (χ1n) is 9.00. The SMILES string of the molecule is C=C(C)C(=O)OC1CC(C)(C)N(OC(C)(C#N)CC(C)C)C(C)(C)C1. The Hall–Kier alpha value is -1.38. The lowest BCUT2D eigenvalue weighted by atomic mass is 9.80. The number of hydrogen-bond acceptors (Lipinski definition) is 5. The van der Waals surface area contributed by atoms with Gasteiger partial charge in [-0.25, -0.2) is 4.79 Å². The number of carbonyl (C=O) groups is 1. The highest BCUT2D eigenvalue weighted by molar-refractivity contribution is 5.87. The van der Waals surface area contributed by atoms with Crippen LogP contribution < -0.4 is 0 Å². The van der Waals surface area contributed by atoms with Crippen LogP contribution in [0.1, 0.15) is 74.7 Å². The summed E-state index contributed by atoms with van der Waals surface area (Å²) in [5.74, 6) is -0.00225. The second-order valence-corrected chi connectivity index (χ2v) is 9.17. The fourth-order valence-electron chi connectivity index (χ4n) is 3.84. The van der Waals surface area contributed by atoms with E-state index in [2.05, 4.69) is 54.2 Å². The number of hydrogen-bond donors (Lipinski definition) is 0. The normalized spacial score (nSPS) is 22.9. The smallest absolute Gasteiger partial charge is 0.333 e. The Bertz CT molecular complexity index is 542. The minimum absolute atomic E-state index is 0.201. The molecule has 1 saturated heterocycles. The van der Waals surface area contributed by atoms with E-state index in [9.17, 15) is 10.1 Å². The molecular formula is C20H34N2O3. The lowest BCUT2D eigenvalue weighted by molar-refractivity contribution is -0.330. The molecule has 0 aromatic heterocycles. The van der Waals surface area contributed by atoms with Crippen molar-refractivity contribution in [3.8, 4) is 6.07 Å². The van der Waals surface area contributed by atoms with Gasteiger partial charge in [0.2, 0.25) is 0 Å². The summed E-state index contributed by atoms with van der Waals surface area (Å²) < 4.78 is 5.61. The minimum Gasteiger partial charge on any atom is -0.459 e. The first-order chi connectivity index (χ1) is 11.2. The highest BCUT2D eigenvalue weighted by Crippen LogP contribution is 2.42. The molecule has 1 aliphatic rings. The largest absolute Gasteiger partial charge is 0.459 e. The van der Waals surface area contributed by atoms with E-state index in [0.29, 0.717) is 30.8 Å². The van der Waals surface area contributed by atoms with Gasteiger partial charge < -0.3 is 4.74 Å². The number of piperidine rings is 1. The highest BCUT2D eigenvalue weighted by atomic mass is 16.7. The van der Waals surface area contributed by atoms with Gasteiger partial charge in [-0.05, 0) is 53.9 Å². The molecule has 0 bridgehead atoms. The number of nitrogens with zero attached hydrogens (tertiary/aromatic N) is 2. The van der Waals surface area contributed by atoms with Crippen LogP contribution in [0.15, 0.2) is 12.2 Å². The predicted octanol–water partition coefficient (Wildman–Crippen LogP) is 4.39. The van der Waals surface area contributed by atoms with Crippen molar-refractivity contribution in [1.82, 2.24) is 5.06 Å². The second kappa shape index (κ2) is 7.47. The maximum absolute atomic E-state index is 11.9. The van der Waals surface area contributed by atoms with Crippen molar-refractivity contribution in [3.05, 3.63) is 12.2 Å². The molecule has 1 unspecified atom stereocenters. The number of rotatable bonds is 6. The zero-order chi connectivity index (χ0) is 19.6. The average molecular weight is 351 g/mol. The van der Waals surface area contributed by atoms with Crippen molar-refractivity contribution in [3.63, 3.8) is 0 Å². The molecule has 0 aromatic rings. The number of esters is 1. The zero-order valence-electron chi connectivity index (χ0n) is 17.1. The van der Waals surface area contributed by atoms with Crippen LogP contribution >= 0.6 is 0 Å². The van der Waals surface area contributed by atoms with Gasteiger partial charge in [0.05, 0.1) is 6.07 Å². The molecule has 0 N–H and O–H groups in total. The van der Waals surface area contributed by atoms with Gasteiger partial charge >= 0.3 is 5.97 Å². The zero-order valence-corrected chi connectivity index (χ0v) is 17.1. The summed E-state index contributed by atoms with van der Waals surface area (Å²) in [6, 6.07) is 2.33. The van der Waals surface area contributed by atoms with Crippen LogP contribution in [0, 0.1) is 17.2 Å². The third-order valence-corrected chi connectivity index (χ3v) is 4.50. The summed E-state index contributed by atoms with van der Waals surface area (Å²) >= 11 is 0. The monoisotopic (exact) mass is 350 g/mol. The number of nitriles is 1. The summed E-state index contributed by atoms with van der Waals surface area (Å²) in [6.07, 6.45) is 1.73. The van der Waals surface area contributed by atoms with Crippen LogP contribution in [-0.2, 0) is 14.4 Å². The van der Waals surface area contributed by atoms with E-state index in [1.54, 1.807) is 6.92 Å². The van der Waals surface area contributed by atoms with Crippen molar-refractivity contribution in [2.45, 2.75) is 97.4 Å². The Labute approximate surface area is 152 Å². The number of hydroxylamine groups is 2. The van der Waals surface area contributed by atoms with Crippen molar-refractivity contribution in [2.75, 3.05) is 0 Å². The predicted molar refractivity (Wildman–Crippen MR) is 98.5 cm³/mol. The standard InChI is InChI=1S/C20H34N2O3/c1-14(2)10-20(9,13-21)25-22-18(5,6)11-16(12-19(22,7)8)24-17(23)15(3)4/h14,16H,3,10-12H2,1-2,4-9H3. The third kappa shape index (κ3) is 5.55. The van der Waals surface area contributed by atoms with E-state index < -0.39 is 5.60 Å². The molecule has 5 heteroatoms. The Balaban J connectivity index is 3.01. The summed E-state index contributed by atoms with van der Waals surface area (Å²) in [6.45, 7) is 19.5. The molecular weight excluding hydrogens is 316 g/mol. The van der Waals surface area contributed by atoms with Crippen molar-refractivity contribution in [1.29, 1.82) is 5.26 Å². The molecule has 25 heavy (non-hydrogen) atoms. The molecule has 142 valence electrons. The quantitative estimate of drug-likeness (QED) is 0.525. The molecule has 1 fully saturated rings. The van der Waals surface area contributed by atoms with Gasteiger partial charge in [0.15, 0.2) is 5.60 Å². The van der Waals surface area contributed by atoms with Crippen LogP contribution in [0.3, 0.4) is 0 Å². The summed E-state index contributed by atoms with van der Waals surface area (Å²) in [4.78, 5) is 18.2. The van der Waals surface area contributed by atoms with Crippen molar-refractivity contribution in [2.24, 2.45) is 5.92 Å². The van der Waals surface area contributed by atoms with Crippen LogP contribution in [0.4, 0.5) is 0 Å². The minimum atomic E-state index is -0.885. The topological polar surface area (TPSA) is 62.6 Å². The fourth-order valence-corrected chi connectivity index (χ4v) is 3.84. The van der Waals surface area contributed by atoms with Crippen LogP contribution in [-0.4, -0.2) is 33.8 Å². The lowest BCUT2D eigenvalue weighted by Gasteiger charge is -2.55. The Kier molecular flexibility index (Phi) is 6.47. The summed E-state index contributed by atoms with van der Waals surface area (Å²) in [5.41, 5.74) is -1.24. The van der Waals surface area contributed by atoms with Gasteiger partial charge in [0, 0.05) is 29.5 Å². The first-order valence-corrected chi connectivity index (χ1v) is 9.00. The molecule has 0 aliphatic carbocycles. The van der Waals surface area contributed by atoms with Crippen molar-refractivity contribution >= 4 is 5.97 Å². The van der Waals surface area contributed by atoms with Crippen molar-refractivity contribution < 1.29 is 14.4 Å². The molecule has 1 rings (SSSR count). The molecule has 1 aliphatic heterocycles. The van der Waals surface area contributed by atoms with E-state index >= 15 is 0 Å². The molecule has 0 amide bonds. The maximum atomic E-state index is 11.9. The molecule has 0 radical (unpaired) electrons. The summed E-state index contributed by atoms with van der Waals surface area (Å²) in [5, 5.41) is 11.6. The molecule has 0 spiro atoms. The first kappa shape index (κ1) is 21.7. The Morgan fingerprint density at radius 1 is 1.32 bits per heavy atom. The molecule has 1 atom stereocenters. The molecule has 5 nitrogen and oxygen atoms in total. The van der Waals surface area contributed by atoms with Gasteiger partial charge in [-0.3, -0.25) is 4.84 Å². The fraction of sp³-hybridized carbons (Fsp3) is 0.800. The van der Waals surface area contributed by atoms with Gasteiger partial charge in [0.1, 0.15) is 6.10 Å². The van der Waals surface area contributed by atoms with E-state index in [1.165, 1.54) is 0 Å². The average Bonchev–Trinajstić information content (AvgIpc) is 2.41. The van der Waals surface area contributed by atoms with Gasteiger partial charge in [-0.15, -0.1) is 0 Å². The van der Waals surface area contributed by atoms with E-state index in [1.807, 2.05) is 12.0 Å². The molecule has 0 aromatic carbocycles. The van der Waals surface area contributed by atoms with Gasteiger partial charge in [0.25, 0.3) is 0 Å².